The van der Waals surface area contributed by atoms with Gasteiger partial charge in [-0.2, -0.15) is 4.31 Å². The molecule has 134 valence electrons. The highest BCUT2D eigenvalue weighted by Gasteiger charge is 2.32. The normalized spacial score (nSPS) is 29.9. The van der Waals surface area contributed by atoms with E-state index in [0.29, 0.717) is 19.6 Å². The smallest absolute Gasteiger partial charge is 0.211 e. The maximum atomic E-state index is 11.8. The average molecular weight is 346 g/mol. The minimum atomic E-state index is -3.13. The third kappa shape index (κ3) is 5.32. The van der Waals surface area contributed by atoms with Crippen molar-refractivity contribution in [2.45, 2.75) is 51.2 Å². The number of ether oxygens (including phenoxy) is 1. The maximum Gasteiger partial charge on any atom is 0.211 e. The van der Waals surface area contributed by atoms with Gasteiger partial charge in [0.1, 0.15) is 0 Å². The molecule has 2 aliphatic rings. The van der Waals surface area contributed by atoms with Gasteiger partial charge in [0.25, 0.3) is 0 Å². The number of aliphatic imine (C=N–C) groups is 1. The van der Waals surface area contributed by atoms with E-state index in [-0.39, 0.29) is 11.6 Å². The van der Waals surface area contributed by atoms with Gasteiger partial charge in [-0.05, 0) is 39.5 Å². The Morgan fingerprint density at radius 3 is 2.78 bits per heavy atom. The van der Waals surface area contributed by atoms with Crippen LogP contribution in [0, 0.1) is 0 Å². The van der Waals surface area contributed by atoms with E-state index in [1.807, 2.05) is 6.92 Å². The first-order chi connectivity index (χ1) is 10.8. The molecule has 8 heteroatoms. The molecule has 2 atom stereocenters. The van der Waals surface area contributed by atoms with Crippen molar-refractivity contribution in [1.82, 2.24) is 14.9 Å². The van der Waals surface area contributed by atoms with Crippen LogP contribution in [0.1, 0.15) is 39.5 Å². The van der Waals surface area contributed by atoms with Gasteiger partial charge in [-0.3, -0.25) is 4.99 Å². The fourth-order valence-electron chi connectivity index (χ4n) is 3.21. The van der Waals surface area contributed by atoms with Crippen molar-refractivity contribution in [3.63, 3.8) is 0 Å². The second-order valence-corrected chi connectivity index (χ2v) is 8.58. The Labute approximate surface area is 139 Å². The van der Waals surface area contributed by atoms with Crippen molar-refractivity contribution in [1.29, 1.82) is 0 Å². The Balaban J connectivity index is 1.91. The zero-order valence-electron chi connectivity index (χ0n) is 14.5. The van der Waals surface area contributed by atoms with E-state index in [1.54, 1.807) is 4.31 Å². The van der Waals surface area contributed by atoms with Crippen LogP contribution in [0.2, 0.25) is 0 Å². The fourth-order valence-corrected chi connectivity index (χ4v) is 4.40. The molecule has 2 saturated heterocycles. The van der Waals surface area contributed by atoms with Crippen LogP contribution in [0.3, 0.4) is 0 Å². The maximum absolute atomic E-state index is 11.8. The molecule has 0 radical (unpaired) electrons. The summed E-state index contributed by atoms with van der Waals surface area (Å²) < 4.78 is 30.9. The van der Waals surface area contributed by atoms with Crippen LogP contribution in [-0.4, -0.2) is 69.4 Å². The van der Waals surface area contributed by atoms with Gasteiger partial charge in [0, 0.05) is 32.3 Å². The van der Waals surface area contributed by atoms with Crippen molar-refractivity contribution in [2.75, 3.05) is 39.0 Å². The summed E-state index contributed by atoms with van der Waals surface area (Å²) in [6.45, 7) is 7.49. The molecule has 0 amide bonds. The molecule has 2 aliphatic heterocycles. The lowest BCUT2D eigenvalue weighted by molar-refractivity contribution is 0.0283. The average Bonchev–Trinajstić information content (AvgIpc) is 3.11. The van der Waals surface area contributed by atoms with Gasteiger partial charge in [0.15, 0.2) is 5.96 Å². The molecular formula is C15H30N4O3S. The monoisotopic (exact) mass is 346 g/mol. The summed E-state index contributed by atoms with van der Waals surface area (Å²) in [5.41, 5.74) is -0.172. The molecule has 2 heterocycles. The van der Waals surface area contributed by atoms with Crippen LogP contribution in [0.15, 0.2) is 4.99 Å². The van der Waals surface area contributed by atoms with Gasteiger partial charge in [-0.25, -0.2) is 8.42 Å². The lowest BCUT2D eigenvalue weighted by atomic mass is 10.0. The lowest BCUT2D eigenvalue weighted by Gasteiger charge is -2.24. The predicted octanol–water partition coefficient (Wildman–Crippen LogP) is 0.535. The summed E-state index contributed by atoms with van der Waals surface area (Å²) >= 11 is 0. The number of rotatable bonds is 6. The van der Waals surface area contributed by atoms with Gasteiger partial charge < -0.3 is 15.4 Å². The molecule has 0 saturated carbocycles. The second-order valence-electron chi connectivity index (χ2n) is 6.65. The molecule has 0 aromatic carbocycles. The number of nitrogens with zero attached hydrogens (tertiary/aromatic N) is 2. The zero-order chi connectivity index (χ0) is 16.9. The quantitative estimate of drug-likeness (QED) is 0.542. The molecule has 2 fully saturated rings. The highest BCUT2D eigenvalue weighted by Crippen LogP contribution is 2.25. The minimum absolute atomic E-state index is 0.00664. The molecule has 0 spiro atoms. The van der Waals surface area contributed by atoms with Crippen LogP contribution in [-0.2, 0) is 14.8 Å². The molecule has 0 aromatic rings. The van der Waals surface area contributed by atoms with Gasteiger partial charge in [-0.1, -0.05) is 0 Å². The van der Waals surface area contributed by atoms with Crippen molar-refractivity contribution in [2.24, 2.45) is 4.99 Å². The molecule has 2 rings (SSSR count). The fraction of sp³-hybridized carbons (Fsp3) is 0.933. The van der Waals surface area contributed by atoms with Crippen molar-refractivity contribution in [3.05, 3.63) is 0 Å². The summed E-state index contributed by atoms with van der Waals surface area (Å²) in [4.78, 5) is 4.62. The highest BCUT2D eigenvalue weighted by molar-refractivity contribution is 7.88. The van der Waals surface area contributed by atoms with Crippen LogP contribution in [0.5, 0.6) is 0 Å². The summed E-state index contributed by atoms with van der Waals surface area (Å²) in [5, 5.41) is 6.50. The summed E-state index contributed by atoms with van der Waals surface area (Å²) in [6.07, 6.45) is 5.20. The van der Waals surface area contributed by atoms with Gasteiger partial charge >= 0.3 is 0 Å². The van der Waals surface area contributed by atoms with E-state index in [9.17, 15) is 8.42 Å². The topological polar surface area (TPSA) is 83.0 Å². The molecule has 0 aromatic heterocycles. The highest BCUT2D eigenvalue weighted by atomic mass is 32.2. The third-order valence-electron chi connectivity index (χ3n) is 4.47. The molecular weight excluding hydrogens is 316 g/mol. The zero-order valence-corrected chi connectivity index (χ0v) is 15.3. The molecule has 7 nitrogen and oxygen atoms in total. The predicted molar refractivity (Wildman–Crippen MR) is 92.1 cm³/mol. The standard InChI is InChI=1S/C15H30N4O3S/c1-4-16-14(18-12-15(2)8-6-10-22-15)17-11-13-7-5-9-19(13)23(3,20)21/h13H,4-12H2,1-3H3,(H2,16,17,18)/t13-,15?/m1/s1. The number of hydrogen-bond donors (Lipinski definition) is 2. The number of nitrogens with one attached hydrogen (secondary N) is 2. The Morgan fingerprint density at radius 1 is 1.39 bits per heavy atom. The largest absolute Gasteiger partial charge is 0.373 e. The van der Waals surface area contributed by atoms with E-state index >= 15 is 0 Å². The van der Waals surface area contributed by atoms with Gasteiger partial charge in [0.2, 0.25) is 10.0 Å². The lowest BCUT2D eigenvalue weighted by Crippen LogP contribution is -2.46. The second kappa shape index (κ2) is 7.81. The van der Waals surface area contributed by atoms with E-state index in [4.69, 9.17) is 4.74 Å². The molecule has 1 unspecified atom stereocenters. The SMILES string of the molecule is CCNC(=NCC1(C)CCCO1)NC[C@H]1CCCN1S(C)(=O)=O. The van der Waals surface area contributed by atoms with Crippen LogP contribution >= 0.6 is 0 Å². The third-order valence-corrected chi connectivity index (χ3v) is 5.80. The Bertz CT molecular complexity index is 515. The van der Waals surface area contributed by atoms with Crippen LogP contribution < -0.4 is 10.6 Å². The first kappa shape index (κ1) is 18.5. The molecule has 23 heavy (non-hydrogen) atoms. The number of hydrogen-bond acceptors (Lipinski definition) is 4. The van der Waals surface area contributed by atoms with E-state index in [0.717, 1.165) is 44.8 Å². The summed E-state index contributed by atoms with van der Waals surface area (Å²) in [6, 6.07) is 0.00664. The first-order valence-electron chi connectivity index (χ1n) is 8.47. The summed E-state index contributed by atoms with van der Waals surface area (Å²) in [5.74, 6) is 0.726. The van der Waals surface area contributed by atoms with Crippen molar-refractivity contribution in [3.8, 4) is 0 Å². The van der Waals surface area contributed by atoms with Crippen molar-refractivity contribution >= 4 is 16.0 Å². The Hall–Kier alpha value is -0.860. The first-order valence-corrected chi connectivity index (χ1v) is 10.3. The Morgan fingerprint density at radius 2 is 2.17 bits per heavy atom. The van der Waals surface area contributed by atoms with E-state index in [1.165, 1.54) is 6.26 Å². The molecule has 2 N–H and O–H groups in total. The van der Waals surface area contributed by atoms with Gasteiger partial charge in [-0.15, -0.1) is 0 Å². The number of guanidine groups is 1. The van der Waals surface area contributed by atoms with Crippen LogP contribution in [0.4, 0.5) is 0 Å². The minimum Gasteiger partial charge on any atom is -0.373 e. The van der Waals surface area contributed by atoms with Crippen LogP contribution in [0.25, 0.3) is 0 Å². The van der Waals surface area contributed by atoms with E-state index < -0.39 is 10.0 Å². The molecule has 0 aliphatic carbocycles. The van der Waals surface area contributed by atoms with Crippen molar-refractivity contribution < 1.29 is 13.2 Å². The Kier molecular flexibility index (Phi) is 6.27. The molecule has 0 bridgehead atoms. The van der Waals surface area contributed by atoms with Gasteiger partial charge in [0.05, 0.1) is 18.4 Å². The summed E-state index contributed by atoms with van der Waals surface area (Å²) in [7, 11) is -3.13. The number of sulfonamides is 1. The van der Waals surface area contributed by atoms with E-state index in [2.05, 4.69) is 22.5 Å².